The zero-order valence-corrected chi connectivity index (χ0v) is 15.3. The molecule has 2 rings (SSSR count). The van der Waals surface area contributed by atoms with Crippen LogP contribution in [0.3, 0.4) is 0 Å². The fourth-order valence-electron chi connectivity index (χ4n) is 2.37. The SMILES string of the molecule is COc1ccc(C(CC(=O)O)NC(=O)Cc2ccc(Cl)s2)c(OC)c1. The highest BCUT2D eigenvalue weighted by Crippen LogP contribution is 2.31. The number of carboxylic acids is 1. The van der Waals surface area contributed by atoms with E-state index in [0.29, 0.717) is 21.4 Å². The molecule has 0 fully saturated rings. The minimum Gasteiger partial charge on any atom is -0.497 e. The Kier molecular flexibility index (Phi) is 6.66. The maximum Gasteiger partial charge on any atom is 0.305 e. The van der Waals surface area contributed by atoms with Gasteiger partial charge in [0.1, 0.15) is 11.5 Å². The Morgan fingerprint density at radius 1 is 1.24 bits per heavy atom. The van der Waals surface area contributed by atoms with Crippen molar-refractivity contribution in [3.05, 3.63) is 45.1 Å². The predicted molar refractivity (Wildman–Crippen MR) is 95.7 cm³/mol. The van der Waals surface area contributed by atoms with Crippen LogP contribution in [0.2, 0.25) is 4.34 Å². The van der Waals surface area contributed by atoms with Crippen molar-refractivity contribution in [1.82, 2.24) is 5.32 Å². The third kappa shape index (κ3) is 5.37. The Morgan fingerprint density at radius 2 is 2.00 bits per heavy atom. The van der Waals surface area contributed by atoms with Gasteiger partial charge in [-0.15, -0.1) is 11.3 Å². The summed E-state index contributed by atoms with van der Waals surface area (Å²) in [5, 5.41) is 11.9. The molecule has 0 saturated heterocycles. The monoisotopic (exact) mass is 383 g/mol. The molecule has 134 valence electrons. The number of methoxy groups -OCH3 is 2. The summed E-state index contributed by atoms with van der Waals surface area (Å²) in [6.45, 7) is 0. The lowest BCUT2D eigenvalue weighted by Gasteiger charge is -2.20. The second kappa shape index (κ2) is 8.73. The average Bonchev–Trinajstić information content (AvgIpc) is 2.97. The van der Waals surface area contributed by atoms with Crippen molar-refractivity contribution in [3.8, 4) is 11.5 Å². The molecule has 0 spiro atoms. The first-order valence-electron chi connectivity index (χ1n) is 7.40. The van der Waals surface area contributed by atoms with E-state index in [1.54, 1.807) is 30.3 Å². The number of carbonyl (C=O) groups excluding carboxylic acids is 1. The van der Waals surface area contributed by atoms with Gasteiger partial charge in [-0.05, 0) is 24.3 Å². The molecule has 0 bridgehead atoms. The van der Waals surface area contributed by atoms with Crippen LogP contribution in [-0.2, 0) is 16.0 Å². The van der Waals surface area contributed by atoms with Gasteiger partial charge in [0.05, 0.1) is 37.4 Å². The second-order valence-corrected chi connectivity index (χ2v) is 7.01. The lowest BCUT2D eigenvalue weighted by atomic mass is 10.0. The van der Waals surface area contributed by atoms with Gasteiger partial charge in [-0.25, -0.2) is 0 Å². The van der Waals surface area contributed by atoms with E-state index in [1.807, 2.05) is 0 Å². The fraction of sp³-hybridized carbons (Fsp3) is 0.294. The Bertz CT molecular complexity index is 761. The normalized spacial score (nSPS) is 11.6. The zero-order chi connectivity index (χ0) is 18.4. The maximum absolute atomic E-state index is 12.3. The van der Waals surface area contributed by atoms with E-state index < -0.39 is 12.0 Å². The average molecular weight is 384 g/mol. The molecule has 6 nitrogen and oxygen atoms in total. The summed E-state index contributed by atoms with van der Waals surface area (Å²) in [6, 6.07) is 7.80. The van der Waals surface area contributed by atoms with Crippen LogP contribution in [0.25, 0.3) is 0 Å². The zero-order valence-electron chi connectivity index (χ0n) is 13.7. The predicted octanol–water partition coefficient (Wildman–Crippen LogP) is 3.29. The van der Waals surface area contributed by atoms with Gasteiger partial charge >= 0.3 is 5.97 Å². The number of ether oxygens (including phenoxy) is 2. The molecule has 0 aliphatic rings. The lowest BCUT2D eigenvalue weighted by Crippen LogP contribution is -2.31. The van der Waals surface area contributed by atoms with Gasteiger partial charge in [0.15, 0.2) is 0 Å². The van der Waals surface area contributed by atoms with Gasteiger partial charge in [0, 0.05) is 16.5 Å². The molecule has 1 amide bonds. The van der Waals surface area contributed by atoms with Crippen molar-refractivity contribution in [3.63, 3.8) is 0 Å². The number of hydrogen-bond donors (Lipinski definition) is 2. The molecule has 2 N–H and O–H groups in total. The third-order valence-corrected chi connectivity index (χ3v) is 4.72. The largest absolute Gasteiger partial charge is 0.497 e. The van der Waals surface area contributed by atoms with Crippen molar-refractivity contribution >= 4 is 34.8 Å². The minimum absolute atomic E-state index is 0.131. The van der Waals surface area contributed by atoms with Crippen LogP contribution in [-0.4, -0.2) is 31.2 Å². The molecular formula is C17H18ClNO5S. The molecule has 1 aromatic carbocycles. The number of aliphatic carboxylic acids is 1. The molecule has 1 atom stereocenters. The van der Waals surface area contributed by atoms with E-state index in [1.165, 1.54) is 25.6 Å². The lowest BCUT2D eigenvalue weighted by molar-refractivity contribution is -0.137. The molecule has 2 aromatic rings. The van der Waals surface area contributed by atoms with Crippen LogP contribution in [0.15, 0.2) is 30.3 Å². The number of halogens is 1. The van der Waals surface area contributed by atoms with Crippen molar-refractivity contribution in [2.24, 2.45) is 0 Å². The van der Waals surface area contributed by atoms with Gasteiger partial charge in [-0.1, -0.05) is 11.6 Å². The molecule has 0 aliphatic heterocycles. The fourth-order valence-corrected chi connectivity index (χ4v) is 3.46. The van der Waals surface area contributed by atoms with E-state index in [9.17, 15) is 14.7 Å². The number of hydrogen-bond acceptors (Lipinski definition) is 5. The first kappa shape index (κ1) is 19.1. The summed E-state index contributed by atoms with van der Waals surface area (Å²) in [5.41, 5.74) is 0.572. The van der Waals surface area contributed by atoms with Crippen LogP contribution in [0, 0.1) is 0 Å². The molecule has 0 radical (unpaired) electrons. The van der Waals surface area contributed by atoms with Gasteiger partial charge in [-0.2, -0.15) is 0 Å². The van der Waals surface area contributed by atoms with Crippen LogP contribution >= 0.6 is 22.9 Å². The van der Waals surface area contributed by atoms with E-state index in [-0.39, 0.29) is 18.7 Å². The molecule has 0 aliphatic carbocycles. The first-order valence-corrected chi connectivity index (χ1v) is 8.59. The van der Waals surface area contributed by atoms with E-state index >= 15 is 0 Å². The van der Waals surface area contributed by atoms with Crippen LogP contribution in [0.5, 0.6) is 11.5 Å². The maximum atomic E-state index is 12.3. The third-order valence-electron chi connectivity index (χ3n) is 3.49. The summed E-state index contributed by atoms with van der Waals surface area (Å²) in [4.78, 5) is 24.3. The van der Waals surface area contributed by atoms with Crippen LogP contribution in [0.1, 0.15) is 22.9 Å². The Labute approximate surface area is 154 Å². The van der Waals surface area contributed by atoms with Crippen molar-refractivity contribution in [2.45, 2.75) is 18.9 Å². The quantitative estimate of drug-likeness (QED) is 0.730. The topological polar surface area (TPSA) is 84.9 Å². The number of amides is 1. The van der Waals surface area contributed by atoms with Gasteiger partial charge in [0.2, 0.25) is 5.91 Å². The van der Waals surface area contributed by atoms with Crippen LogP contribution in [0.4, 0.5) is 0 Å². The number of thiophene rings is 1. The molecule has 8 heteroatoms. The first-order chi connectivity index (χ1) is 11.9. The van der Waals surface area contributed by atoms with Gasteiger partial charge in [0.25, 0.3) is 0 Å². The van der Waals surface area contributed by atoms with Crippen molar-refractivity contribution in [1.29, 1.82) is 0 Å². The second-order valence-electron chi connectivity index (χ2n) is 5.21. The number of carboxylic acid groups (broad SMARTS) is 1. The van der Waals surface area contributed by atoms with E-state index in [0.717, 1.165) is 4.88 Å². The number of rotatable bonds is 8. The van der Waals surface area contributed by atoms with Gasteiger partial charge in [-0.3, -0.25) is 9.59 Å². The highest BCUT2D eigenvalue weighted by molar-refractivity contribution is 7.16. The summed E-state index contributed by atoms with van der Waals surface area (Å²) in [6.07, 6.45) is -0.133. The molecule has 25 heavy (non-hydrogen) atoms. The van der Waals surface area contributed by atoms with Gasteiger partial charge < -0.3 is 19.9 Å². The van der Waals surface area contributed by atoms with E-state index in [2.05, 4.69) is 5.32 Å². The summed E-state index contributed by atoms with van der Waals surface area (Å²) in [7, 11) is 3.00. The highest BCUT2D eigenvalue weighted by Gasteiger charge is 2.22. The number of carbonyl (C=O) groups is 2. The smallest absolute Gasteiger partial charge is 0.305 e. The Morgan fingerprint density at radius 3 is 2.56 bits per heavy atom. The molecular weight excluding hydrogens is 366 g/mol. The van der Waals surface area contributed by atoms with Crippen molar-refractivity contribution in [2.75, 3.05) is 14.2 Å². The molecule has 0 saturated carbocycles. The summed E-state index contributed by atoms with van der Waals surface area (Å²) >= 11 is 7.18. The number of benzene rings is 1. The molecule has 1 unspecified atom stereocenters. The van der Waals surface area contributed by atoms with Crippen LogP contribution < -0.4 is 14.8 Å². The van der Waals surface area contributed by atoms with E-state index in [4.69, 9.17) is 21.1 Å². The standard InChI is InChI=1S/C17H18ClNO5S/c1-23-10-3-5-12(14(7-10)24-2)13(9-17(21)22)19-16(20)8-11-4-6-15(18)25-11/h3-7,13H,8-9H2,1-2H3,(H,19,20)(H,21,22). The Balaban J connectivity index is 2.20. The highest BCUT2D eigenvalue weighted by atomic mass is 35.5. The Hall–Kier alpha value is -2.25. The number of nitrogens with one attached hydrogen (secondary N) is 1. The van der Waals surface area contributed by atoms with Crippen molar-refractivity contribution < 1.29 is 24.2 Å². The minimum atomic E-state index is -1.03. The summed E-state index contributed by atoms with van der Waals surface area (Å²) in [5.74, 6) is -0.288. The molecule has 1 aromatic heterocycles. The molecule has 1 heterocycles. The summed E-state index contributed by atoms with van der Waals surface area (Å²) < 4.78 is 11.1.